The average Bonchev–Trinajstić information content (AvgIpc) is 2.17. The third kappa shape index (κ3) is 4.94. The number of likely N-dealkylation sites (N-methyl/N-ethyl adjacent to an activating group) is 1. The third-order valence-corrected chi connectivity index (χ3v) is 2.96. The Bertz CT molecular complexity index is 218. The van der Waals surface area contributed by atoms with Crippen molar-refractivity contribution >= 4 is 5.97 Å². The van der Waals surface area contributed by atoms with Crippen LogP contribution in [0, 0.1) is 5.92 Å². The largest absolute Gasteiger partial charge is 0.480 e. The second-order valence-corrected chi connectivity index (χ2v) is 4.74. The van der Waals surface area contributed by atoms with Crippen LogP contribution in [0.2, 0.25) is 0 Å². The molecule has 4 nitrogen and oxygen atoms in total. The first-order chi connectivity index (χ1) is 7.33. The van der Waals surface area contributed by atoms with Crippen LogP contribution in [0.4, 0.5) is 0 Å². The summed E-state index contributed by atoms with van der Waals surface area (Å²) in [5.41, 5.74) is -0.883. The van der Waals surface area contributed by atoms with E-state index < -0.39 is 11.5 Å². The molecule has 0 aliphatic carbocycles. The lowest BCUT2D eigenvalue weighted by atomic mass is 9.98. The zero-order valence-corrected chi connectivity index (χ0v) is 11.0. The second-order valence-electron chi connectivity index (χ2n) is 4.74. The third-order valence-electron chi connectivity index (χ3n) is 2.96. The molecule has 96 valence electrons. The topological polar surface area (TPSA) is 58.6 Å². The highest BCUT2D eigenvalue weighted by atomic mass is 16.5. The van der Waals surface area contributed by atoms with Gasteiger partial charge in [-0.25, -0.2) is 0 Å². The predicted molar refractivity (Wildman–Crippen MR) is 64.6 cm³/mol. The molecule has 2 atom stereocenters. The maximum Gasteiger partial charge on any atom is 0.323 e. The van der Waals surface area contributed by atoms with Crippen LogP contribution in [-0.2, 0) is 9.53 Å². The van der Waals surface area contributed by atoms with Crippen LogP contribution in [0.15, 0.2) is 0 Å². The fraction of sp³-hybridized carbons (Fsp3) is 0.917. The minimum absolute atomic E-state index is 0.166. The van der Waals surface area contributed by atoms with Gasteiger partial charge < -0.3 is 15.2 Å². The lowest BCUT2D eigenvalue weighted by Crippen LogP contribution is -2.50. The molecule has 0 heterocycles. The summed E-state index contributed by atoms with van der Waals surface area (Å²) in [5.74, 6) is -0.370. The summed E-state index contributed by atoms with van der Waals surface area (Å²) >= 11 is 0. The Morgan fingerprint density at radius 1 is 1.44 bits per heavy atom. The minimum Gasteiger partial charge on any atom is -0.480 e. The number of nitrogens with one attached hydrogen (secondary N) is 1. The molecule has 0 saturated heterocycles. The maximum atomic E-state index is 11.1. The number of hydrogen-bond donors (Lipinski definition) is 2. The van der Waals surface area contributed by atoms with E-state index in [2.05, 4.69) is 19.2 Å². The van der Waals surface area contributed by atoms with Gasteiger partial charge in [0.2, 0.25) is 0 Å². The number of carboxylic acids is 1. The summed E-state index contributed by atoms with van der Waals surface area (Å²) in [6.07, 6.45) is 0.646. The molecule has 0 saturated carbocycles. The molecule has 0 bridgehead atoms. The Morgan fingerprint density at radius 2 is 2.00 bits per heavy atom. The second kappa shape index (κ2) is 6.86. The first kappa shape index (κ1) is 15.4. The molecule has 0 fully saturated rings. The summed E-state index contributed by atoms with van der Waals surface area (Å²) < 4.78 is 5.59. The van der Waals surface area contributed by atoms with Crippen LogP contribution in [-0.4, -0.2) is 35.9 Å². The zero-order chi connectivity index (χ0) is 12.8. The molecular weight excluding hydrogens is 206 g/mol. The molecule has 2 unspecified atom stereocenters. The lowest BCUT2D eigenvalue weighted by molar-refractivity contribution is -0.145. The Kier molecular flexibility index (Phi) is 6.60. The van der Waals surface area contributed by atoms with Crippen molar-refractivity contribution in [2.75, 3.05) is 13.2 Å². The predicted octanol–water partition coefficient (Wildman–Crippen LogP) is 1.89. The normalized spacial score (nSPS) is 17.1. The van der Waals surface area contributed by atoms with E-state index in [-0.39, 0.29) is 6.10 Å². The molecule has 0 amide bonds. The van der Waals surface area contributed by atoms with E-state index in [0.29, 0.717) is 25.5 Å². The molecule has 2 N–H and O–H groups in total. The van der Waals surface area contributed by atoms with Crippen LogP contribution >= 0.6 is 0 Å². The summed E-state index contributed by atoms with van der Waals surface area (Å²) in [5, 5.41) is 12.1. The molecule has 0 aliphatic rings. The fourth-order valence-electron chi connectivity index (χ4n) is 1.30. The lowest BCUT2D eigenvalue weighted by Gasteiger charge is -2.26. The summed E-state index contributed by atoms with van der Waals surface area (Å²) in [6.45, 7) is 10.9. The Hall–Kier alpha value is -0.610. The van der Waals surface area contributed by atoms with Crippen molar-refractivity contribution in [2.45, 2.75) is 52.7 Å². The fourth-order valence-corrected chi connectivity index (χ4v) is 1.30. The monoisotopic (exact) mass is 231 g/mol. The summed E-state index contributed by atoms with van der Waals surface area (Å²) in [6, 6.07) is 0. The van der Waals surface area contributed by atoms with Crippen molar-refractivity contribution in [3.05, 3.63) is 0 Å². The van der Waals surface area contributed by atoms with Gasteiger partial charge in [0.25, 0.3) is 0 Å². The average molecular weight is 231 g/mol. The van der Waals surface area contributed by atoms with Crippen molar-refractivity contribution in [3.8, 4) is 0 Å². The van der Waals surface area contributed by atoms with Crippen molar-refractivity contribution in [1.82, 2.24) is 5.32 Å². The van der Waals surface area contributed by atoms with Gasteiger partial charge in [-0.1, -0.05) is 20.8 Å². The van der Waals surface area contributed by atoms with Crippen molar-refractivity contribution in [3.63, 3.8) is 0 Å². The Balaban J connectivity index is 4.09. The van der Waals surface area contributed by atoms with Crippen LogP contribution in [0.3, 0.4) is 0 Å². The standard InChI is InChI=1S/C12H25NO3/c1-6-13-12(5,11(14)15)7-8-16-10(4)9(2)3/h9-10,13H,6-8H2,1-5H3,(H,14,15). The van der Waals surface area contributed by atoms with Crippen LogP contribution in [0.5, 0.6) is 0 Å². The summed E-state index contributed by atoms with van der Waals surface area (Å²) in [4.78, 5) is 11.1. The number of rotatable bonds is 8. The molecule has 4 heteroatoms. The molecule has 0 aromatic rings. The molecular formula is C12H25NO3. The van der Waals surface area contributed by atoms with Crippen LogP contribution in [0.25, 0.3) is 0 Å². The van der Waals surface area contributed by atoms with Crippen LogP contribution in [0.1, 0.15) is 41.0 Å². The molecule has 16 heavy (non-hydrogen) atoms. The first-order valence-corrected chi connectivity index (χ1v) is 5.93. The van der Waals surface area contributed by atoms with Gasteiger partial charge in [-0.15, -0.1) is 0 Å². The smallest absolute Gasteiger partial charge is 0.323 e. The highest BCUT2D eigenvalue weighted by Gasteiger charge is 2.31. The highest BCUT2D eigenvalue weighted by molar-refractivity contribution is 5.78. The Morgan fingerprint density at radius 3 is 2.38 bits per heavy atom. The minimum atomic E-state index is -0.883. The summed E-state index contributed by atoms with van der Waals surface area (Å²) in [7, 11) is 0. The molecule has 0 radical (unpaired) electrons. The van der Waals surface area contributed by atoms with E-state index in [1.807, 2.05) is 13.8 Å². The van der Waals surface area contributed by atoms with E-state index in [1.165, 1.54) is 0 Å². The van der Waals surface area contributed by atoms with Gasteiger partial charge in [0.1, 0.15) is 5.54 Å². The SMILES string of the molecule is CCNC(C)(CCOC(C)C(C)C)C(=O)O. The first-order valence-electron chi connectivity index (χ1n) is 5.93. The van der Waals surface area contributed by atoms with Gasteiger partial charge in [-0.3, -0.25) is 4.79 Å². The van der Waals surface area contributed by atoms with Gasteiger partial charge in [0.05, 0.1) is 6.10 Å². The molecule has 0 aromatic carbocycles. The molecule has 0 spiro atoms. The van der Waals surface area contributed by atoms with E-state index in [0.717, 1.165) is 0 Å². The molecule has 0 aromatic heterocycles. The number of hydrogen-bond acceptors (Lipinski definition) is 3. The van der Waals surface area contributed by atoms with E-state index >= 15 is 0 Å². The van der Waals surface area contributed by atoms with Gasteiger partial charge >= 0.3 is 5.97 Å². The molecule has 0 rings (SSSR count). The molecule has 0 aliphatic heterocycles. The maximum absolute atomic E-state index is 11.1. The number of aliphatic carboxylic acids is 1. The van der Waals surface area contributed by atoms with E-state index in [4.69, 9.17) is 9.84 Å². The Labute approximate surface area is 98.4 Å². The van der Waals surface area contributed by atoms with Crippen molar-refractivity contribution in [2.24, 2.45) is 5.92 Å². The zero-order valence-electron chi connectivity index (χ0n) is 11.0. The van der Waals surface area contributed by atoms with Gasteiger partial charge in [-0.2, -0.15) is 0 Å². The van der Waals surface area contributed by atoms with Gasteiger partial charge in [-0.05, 0) is 32.7 Å². The number of carboxylic acid groups (broad SMARTS) is 1. The van der Waals surface area contributed by atoms with E-state index in [1.54, 1.807) is 6.92 Å². The van der Waals surface area contributed by atoms with Crippen molar-refractivity contribution < 1.29 is 14.6 Å². The number of ether oxygens (including phenoxy) is 1. The number of carbonyl (C=O) groups is 1. The van der Waals surface area contributed by atoms with Crippen LogP contribution < -0.4 is 5.32 Å². The van der Waals surface area contributed by atoms with Gasteiger partial charge in [0.15, 0.2) is 0 Å². The van der Waals surface area contributed by atoms with Crippen molar-refractivity contribution in [1.29, 1.82) is 0 Å². The van der Waals surface area contributed by atoms with Gasteiger partial charge in [0, 0.05) is 6.61 Å². The van der Waals surface area contributed by atoms with E-state index in [9.17, 15) is 4.79 Å². The quantitative estimate of drug-likeness (QED) is 0.670. The highest BCUT2D eigenvalue weighted by Crippen LogP contribution is 2.12.